The molecule has 152 valence electrons. The summed E-state index contributed by atoms with van der Waals surface area (Å²) in [4.78, 5) is 13.6. The van der Waals surface area contributed by atoms with Gasteiger partial charge < -0.3 is 9.84 Å². The van der Waals surface area contributed by atoms with Crippen LogP contribution < -0.4 is 0 Å². The average molecular weight is 446 g/mol. The zero-order valence-electron chi connectivity index (χ0n) is 16.3. The van der Waals surface area contributed by atoms with Gasteiger partial charge in [-0.05, 0) is 59.3 Å². The van der Waals surface area contributed by atoms with Crippen LogP contribution >= 0.6 is 23.1 Å². The van der Waals surface area contributed by atoms with E-state index in [2.05, 4.69) is 14.8 Å². The van der Waals surface area contributed by atoms with Gasteiger partial charge in [0, 0.05) is 12.0 Å². The number of aryl methyl sites for hydroxylation is 1. The van der Waals surface area contributed by atoms with Gasteiger partial charge in [0.1, 0.15) is 11.0 Å². The van der Waals surface area contributed by atoms with E-state index in [0.717, 1.165) is 28.4 Å². The predicted molar refractivity (Wildman–Crippen MR) is 118 cm³/mol. The van der Waals surface area contributed by atoms with E-state index in [0.29, 0.717) is 32.7 Å². The quantitative estimate of drug-likeness (QED) is 0.470. The molecule has 0 saturated heterocycles. The second-order valence-corrected chi connectivity index (χ2v) is 8.77. The van der Waals surface area contributed by atoms with Crippen LogP contribution in [0.2, 0.25) is 0 Å². The van der Waals surface area contributed by atoms with Gasteiger partial charge >= 0.3 is 5.97 Å². The molecule has 31 heavy (non-hydrogen) atoms. The molecule has 5 rings (SSSR count). The molecular weight excluding hydrogens is 430 g/mol. The molecule has 1 unspecified atom stereocenters. The number of carbonyl (C=O) groups is 1. The van der Waals surface area contributed by atoms with Crippen molar-refractivity contribution in [3.8, 4) is 6.07 Å². The second kappa shape index (κ2) is 7.39. The first-order valence-corrected chi connectivity index (χ1v) is 11.1. The van der Waals surface area contributed by atoms with E-state index in [4.69, 9.17) is 10.00 Å². The molecule has 2 aromatic carbocycles. The molecule has 0 aliphatic carbocycles. The monoisotopic (exact) mass is 445 g/mol. The molecule has 3 heterocycles. The number of rotatable bonds is 4. The zero-order chi connectivity index (χ0) is 21.6. The fourth-order valence-corrected chi connectivity index (χ4v) is 5.16. The molecule has 0 saturated carbocycles. The molecule has 8 heteroatoms. The van der Waals surface area contributed by atoms with Crippen LogP contribution in [0.4, 0.5) is 0 Å². The lowest BCUT2D eigenvalue weighted by atomic mass is 9.90. The molecule has 0 bridgehead atoms. The summed E-state index contributed by atoms with van der Waals surface area (Å²) in [6.45, 7) is 1.92. The fraction of sp³-hybridized carbons (Fsp3) is 0.130. The smallest absolute Gasteiger partial charge is 0.342 e. The van der Waals surface area contributed by atoms with E-state index in [9.17, 15) is 9.90 Å². The molecular formula is C23H15N3O3S2. The molecule has 1 atom stereocenters. The highest BCUT2D eigenvalue weighted by Gasteiger charge is 2.49. The van der Waals surface area contributed by atoms with Gasteiger partial charge in [-0.25, -0.2) is 4.79 Å². The first-order chi connectivity index (χ1) is 15.0. The maximum absolute atomic E-state index is 13.0. The van der Waals surface area contributed by atoms with Crippen LogP contribution in [-0.2, 0) is 21.7 Å². The molecule has 6 nitrogen and oxygen atoms in total. The number of esters is 1. The SMILES string of the molecule is Cc1csc(C2(O)OC(=O)C(c3ccc4nsnc4c3)=C2Cc2ccc(C#N)cc2)c1. The number of aliphatic hydroxyl groups is 1. The van der Waals surface area contributed by atoms with Crippen LogP contribution in [0.5, 0.6) is 0 Å². The number of carbonyl (C=O) groups excluding carboxylic acids is 1. The Morgan fingerprint density at radius 2 is 1.90 bits per heavy atom. The topological polar surface area (TPSA) is 96.1 Å². The second-order valence-electron chi connectivity index (χ2n) is 7.33. The number of hydrogen-bond acceptors (Lipinski definition) is 8. The number of aromatic nitrogens is 2. The maximum atomic E-state index is 13.0. The third-order valence-electron chi connectivity index (χ3n) is 5.23. The molecule has 0 spiro atoms. The average Bonchev–Trinajstić information content (AvgIpc) is 3.47. The number of thiophene rings is 1. The van der Waals surface area contributed by atoms with E-state index in [1.165, 1.54) is 11.3 Å². The summed E-state index contributed by atoms with van der Waals surface area (Å²) >= 11 is 2.45. The van der Waals surface area contributed by atoms with Crippen molar-refractivity contribution in [2.75, 3.05) is 0 Å². The van der Waals surface area contributed by atoms with Crippen LogP contribution in [0.15, 0.2) is 59.5 Å². The van der Waals surface area contributed by atoms with Crippen molar-refractivity contribution in [1.82, 2.24) is 8.75 Å². The van der Waals surface area contributed by atoms with Crippen LogP contribution in [0, 0.1) is 18.3 Å². The summed E-state index contributed by atoms with van der Waals surface area (Å²) in [5, 5.41) is 22.6. The van der Waals surface area contributed by atoms with Gasteiger partial charge in [0.2, 0.25) is 0 Å². The minimum absolute atomic E-state index is 0.285. The summed E-state index contributed by atoms with van der Waals surface area (Å²) in [7, 11) is 0. The highest BCUT2D eigenvalue weighted by Crippen LogP contribution is 2.46. The van der Waals surface area contributed by atoms with E-state index in [-0.39, 0.29) is 6.42 Å². The van der Waals surface area contributed by atoms with Gasteiger partial charge in [0.25, 0.3) is 5.79 Å². The molecule has 0 fully saturated rings. The first kappa shape index (κ1) is 19.6. The van der Waals surface area contributed by atoms with Gasteiger partial charge in [-0.3, -0.25) is 0 Å². The Hall–Kier alpha value is -3.38. The van der Waals surface area contributed by atoms with Crippen molar-refractivity contribution in [2.24, 2.45) is 0 Å². The van der Waals surface area contributed by atoms with E-state index in [1.807, 2.05) is 30.5 Å². The van der Waals surface area contributed by atoms with Gasteiger partial charge in [0.05, 0.1) is 33.8 Å². The van der Waals surface area contributed by atoms with Crippen LogP contribution in [0.1, 0.15) is 27.1 Å². The summed E-state index contributed by atoms with van der Waals surface area (Å²) in [6.07, 6.45) is 0.285. The third-order valence-corrected chi connectivity index (χ3v) is 6.92. The molecule has 0 amide bonds. The molecule has 1 aliphatic rings. The Kier molecular flexibility index (Phi) is 4.67. The van der Waals surface area contributed by atoms with Gasteiger partial charge in [0.15, 0.2) is 0 Å². The Labute approximate surface area is 186 Å². The molecule has 0 radical (unpaired) electrons. The lowest BCUT2D eigenvalue weighted by Crippen LogP contribution is -2.28. The largest absolute Gasteiger partial charge is 0.420 e. The minimum Gasteiger partial charge on any atom is -0.420 e. The van der Waals surface area contributed by atoms with Crippen molar-refractivity contribution in [3.05, 3.63) is 86.6 Å². The molecule has 4 aromatic rings. The van der Waals surface area contributed by atoms with Crippen molar-refractivity contribution in [1.29, 1.82) is 5.26 Å². The lowest BCUT2D eigenvalue weighted by Gasteiger charge is -2.24. The maximum Gasteiger partial charge on any atom is 0.342 e. The number of nitriles is 1. The van der Waals surface area contributed by atoms with Gasteiger partial charge in [-0.1, -0.05) is 18.2 Å². The van der Waals surface area contributed by atoms with Crippen molar-refractivity contribution >= 4 is 45.6 Å². The number of ether oxygens (including phenoxy) is 1. The van der Waals surface area contributed by atoms with Gasteiger partial charge in [-0.2, -0.15) is 14.0 Å². The lowest BCUT2D eigenvalue weighted by molar-refractivity contribution is -0.184. The van der Waals surface area contributed by atoms with Crippen LogP contribution in [0.3, 0.4) is 0 Å². The predicted octanol–water partition coefficient (Wildman–Crippen LogP) is 4.33. The van der Waals surface area contributed by atoms with Crippen LogP contribution in [-0.4, -0.2) is 19.8 Å². The highest BCUT2D eigenvalue weighted by atomic mass is 32.1. The first-order valence-electron chi connectivity index (χ1n) is 9.44. The number of nitrogens with zero attached hydrogens (tertiary/aromatic N) is 3. The molecule has 2 aromatic heterocycles. The fourth-order valence-electron chi connectivity index (χ4n) is 3.69. The molecule has 1 aliphatic heterocycles. The van der Waals surface area contributed by atoms with E-state index >= 15 is 0 Å². The summed E-state index contributed by atoms with van der Waals surface area (Å²) in [5.74, 6) is -2.44. The molecule has 1 N–H and O–H groups in total. The number of hydrogen-bond donors (Lipinski definition) is 1. The summed E-state index contributed by atoms with van der Waals surface area (Å²) in [6, 6.07) is 16.4. The zero-order valence-corrected chi connectivity index (χ0v) is 18.0. The number of cyclic esters (lactones) is 1. The Morgan fingerprint density at radius 1 is 1.13 bits per heavy atom. The van der Waals surface area contributed by atoms with Gasteiger partial charge in [-0.15, -0.1) is 11.3 Å². The normalized spacial score (nSPS) is 18.4. The Bertz CT molecular complexity index is 1400. The number of benzene rings is 2. The summed E-state index contributed by atoms with van der Waals surface area (Å²) in [5.41, 5.74) is 5.22. The number of fused-ring (bicyclic) bond motifs is 1. The Balaban J connectivity index is 1.69. The van der Waals surface area contributed by atoms with Crippen molar-refractivity contribution in [3.63, 3.8) is 0 Å². The van der Waals surface area contributed by atoms with E-state index in [1.54, 1.807) is 30.3 Å². The highest BCUT2D eigenvalue weighted by molar-refractivity contribution is 7.10. The third kappa shape index (κ3) is 3.33. The summed E-state index contributed by atoms with van der Waals surface area (Å²) < 4.78 is 14.1. The van der Waals surface area contributed by atoms with E-state index < -0.39 is 11.8 Å². The van der Waals surface area contributed by atoms with Crippen LogP contribution in [0.25, 0.3) is 16.6 Å². The Morgan fingerprint density at radius 3 is 2.61 bits per heavy atom. The minimum atomic E-state index is -1.85. The van der Waals surface area contributed by atoms with Crippen molar-refractivity contribution in [2.45, 2.75) is 19.1 Å². The standard InChI is InChI=1S/C23H15N3O3S2/c1-13-8-20(30-12-13)23(28)17(9-14-2-4-15(11-24)5-3-14)21(22(27)29-23)16-6-7-18-19(10-16)26-31-25-18/h2-8,10,12,28H,9H2,1H3. The van der Waals surface area contributed by atoms with Crippen molar-refractivity contribution < 1.29 is 14.6 Å².